The van der Waals surface area contributed by atoms with E-state index in [0.717, 1.165) is 11.3 Å². The molecule has 0 aliphatic carbocycles. The molecule has 1 saturated heterocycles. The summed E-state index contributed by atoms with van der Waals surface area (Å²) in [6.07, 6.45) is -2.29. The first-order chi connectivity index (χ1) is 10.2. The zero-order valence-corrected chi connectivity index (χ0v) is 12.5. The van der Waals surface area contributed by atoms with E-state index in [4.69, 9.17) is 23.7 Å². The highest BCUT2D eigenvalue weighted by Crippen LogP contribution is 2.24. The molecule has 118 valence electrons. The maximum atomic E-state index is 10.1. The van der Waals surface area contributed by atoms with Crippen LogP contribution in [0.15, 0.2) is 24.3 Å². The van der Waals surface area contributed by atoms with E-state index < -0.39 is 24.6 Å². The van der Waals surface area contributed by atoms with Crippen LogP contribution in [-0.4, -0.2) is 57.6 Å². The van der Waals surface area contributed by atoms with Gasteiger partial charge in [0.2, 0.25) is 0 Å². The lowest BCUT2D eigenvalue weighted by Crippen LogP contribution is -2.36. The molecule has 21 heavy (non-hydrogen) atoms. The van der Waals surface area contributed by atoms with Crippen molar-refractivity contribution < 1.29 is 28.8 Å². The highest BCUT2D eigenvalue weighted by Gasteiger charge is 2.44. The monoisotopic (exact) mass is 298 g/mol. The van der Waals surface area contributed by atoms with Gasteiger partial charge in [0.05, 0.1) is 20.3 Å². The van der Waals surface area contributed by atoms with Crippen LogP contribution in [0, 0.1) is 0 Å². The van der Waals surface area contributed by atoms with E-state index in [9.17, 15) is 5.11 Å². The van der Waals surface area contributed by atoms with Crippen molar-refractivity contribution in [3.8, 4) is 5.75 Å². The van der Waals surface area contributed by atoms with Crippen LogP contribution in [0.25, 0.3) is 0 Å². The van der Waals surface area contributed by atoms with Crippen LogP contribution in [0.2, 0.25) is 0 Å². The number of hydrogen-bond donors (Lipinski definition) is 1. The van der Waals surface area contributed by atoms with Crippen molar-refractivity contribution in [3.05, 3.63) is 29.8 Å². The van der Waals surface area contributed by atoms with E-state index in [1.54, 1.807) is 7.11 Å². The van der Waals surface area contributed by atoms with Gasteiger partial charge in [0.25, 0.3) is 0 Å². The average molecular weight is 298 g/mol. The van der Waals surface area contributed by atoms with Gasteiger partial charge in [0.15, 0.2) is 6.29 Å². The highest BCUT2D eigenvalue weighted by atomic mass is 16.7. The normalized spacial score (nSPS) is 28.8. The lowest BCUT2D eigenvalue weighted by atomic mass is 10.1. The van der Waals surface area contributed by atoms with Gasteiger partial charge in [-0.1, -0.05) is 12.1 Å². The molecule has 0 saturated carbocycles. The lowest BCUT2D eigenvalue weighted by Gasteiger charge is -2.17. The summed E-state index contributed by atoms with van der Waals surface area (Å²) in [5, 5.41) is 10.1. The molecule has 0 spiro atoms. The molecule has 0 bridgehead atoms. The number of benzene rings is 1. The average Bonchev–Trinajstić information content (AvgIpc) is 2.83. The molecule has 0 unspecified atom stereocenters. The van der Waals surface area contributed by atoms with Gasteiger partial charge >= 0.3 is 0 Å². The minimum absolute atomic E-state index is 0.271. The minimum atomic E-state index is -0.768. The Bertz CT molecular complexity index is 421. The summed E-state index contributed by atoms with van der Waals surface area (Å²) in [6.45, 7) is 0.707. The summed E-state index contributed by atoms with van der Waals surface area (Å²) >= 11 is 0. The van der Waals surface area contributed by atoms with Gasteiger partial charge in [-0.2, -0.15) is 0 Å². The predicted molar refractivity (Wildman–Crippen MR) is 75.1 cm³/mol. The van der Waals surface area contributed by atoms with E-state index in [0.29, 0.717) is 6.61 Å². The zero-order chi connectivity index (χ0) is 15.2. The third kappa shape index (κ3) is 3.93. The molecule has 1 N–H and O–H groups in total. The van der Waals surface area contributed by atoms with Gasteiger partial charge in [-0.3, -0.25) is 0 Å². The SMILES string of the molecule is COc1ccc(COC[C@H]2O[C@@H](OC)[C@H](OC)[C@H]2O)cc1. The van der Waals surface area contributed by atoms with Crippen molar-refractivity contribution in [2.75, 3.05) is 27.9 Å². The molecule has 4 atom stereocenters. The quantitative estimate of drug-likeness (QED) is 0.809. The molecule has 0 radical (unpaired) electrons. The molecular formula is C15H22O6. The van der Waals surface area contributed by atoms with Crippen LogP contribution in [0.4, 0.5) is 0 Å². The van der Waals surface area contributed by atoms with E-state index in [1.165, 1.54) is 14.2 Å². The van der Waals surface area contributed by atoms with Crippen LogP contribution in [0.1, 0.15) is 5.56 Å². The fourth-order valence-corrected chi connectivity index (χ4v) is 2.30. The Hall–Kier alpha value is -1.18. The second-order valence-electron chi connectivity index (χ2n) is 4.83. The topological polar surface area (TPSA) is 66.4 Å². The number of methoxy groups -OCH3 is 3. The third-order valence-electron chi connectivity index (χ3n) is 3.51. The van der Waals surface area contributed by atoms with Gasteiger partial charge in [-0.05, 0) is 17.7 Å². The van der Waals surface area contributed by atoms with Gasteiger partial charge < -0.3 is 28.8 Å². The van der Waals surface area contributed by atoms with E-state index >= 15 is 0 Å². The van der Waals surface area contributed by atoms with Gasteiger partial charge in [0, 0.05) is 14.2 Å². The smallest absolute Gasteiger partial charge is 0.186 e. The molecule has 6 heteroatoms. The number of rotatable bonds is 7. The Labute approximate surface area is 124 Å². The maximum absolute atomic E-state index is 10.1. The standard InChI is InChI=1S/C15H22O6/c1-17-11-6-4-10(5-7-11)8-20-9-12-13(16)14(18-2)15(19-3)21-12/h4-7,12-16H,8-9H2,1-3H3/t12-,13+,14-,15-/m1/s1. The summed E-state index contributed by atoms with van der Waals surface area (Å²) < 4.78 is 26.6. The van der Waals surface area contributed by atoms with Crippen molar-refractivity contribution in [1.29, 1.82) is 0 Å². The molecule has 1 aliphatic heterocycles. The first kappa shape index (κ1) is 16.2. The van der Waals surface area contributed by atoms with Crippen LogP contribution in [0.3, 0.4) is 0 Å². The Morgan fingerprint density at radius 1 is 1.10 bits per heavy atom. The van der Waals surface area contributed by atoms with Crippen molar-refractivity contribution in [1.82, 2.24) is 0 Å². The van der Waals surface area contributed by atoms with Crippen molar-refractivity contribution in [3.63, 3.8) is 0 Å². The van der Waals surface area contributed by atoms with Crippen LogP contribution < -0.4 is 4.74 Å². The molecule has 0 aromatic heterocycles. The predicted octanol–water partition coefficient (Wildman–Crippen LogP) is 0.959. The molecule has 2 rings (SSSR count). The summed E-state index contributed by atoms with van der Waals surface area (Å²) in [4.78, 5) is 0. The number of aliphatic hydroxyl groups excluding tert-OH is 1. The summed E-state index contributed by atoms with van der Waals surface area (Å²) in [5.41, 5.74) is 1.02. The molecule has 1 fully saturated rings. The van der Waals surface area contributed by atoms with Crippen LogP contribution >= 0.6 is 0 Å². The Morgan fingerprint density at radius 3 is 2.33 bits per heavy atom. The third-order valence-corrected chi connectivity index (χ3v) is 3.51. The fraction of sp³-hybridized carbons (Fsp3) is 0.600. The summed E-state index contributed by atoms with van der Waals surface area (Å²) in [6, 6.07) is 7.62. The molecular weight excluding hydrogens is 276 g/mol. The Kier molecular flexibility index (Phi) is 5.96. The molecule has 1 aromatic carbocycles. The van der Waals surface area contributed by atoms with Crippen LogP contribution in [-0.2, 0) is 25.6 Å². The number of ether oxygens (including phenoxy) is 5. The van der Waals surface area contributed by atoms with Gasteiger partial charge in [0.1, 0.15) is 24.1 Å². The van der Waals surface area contributed by atoms with Crippen molar-refractivity contribution in [2.45, 2.75) is 31.2 Å². The van der Waals surface area contributed by atoms with Crippen LogP contribution in [0.5, 0.6) is 5.75 Å². The van der Waals surface area contributed by atoms with E-state index in [2.05, 4.69) is 0 Å². The van der Waals surface area contributed by atoms with Gasteiger partial charge in [-0.25, -0.2) is 0 Å². The highest BCUT2D eigenvalue weighted by molar-refractivity contribution is 5.26. The summed E-state index contributed by atoms with van der Waals surface area (Å²) in [5.74, 6) is 0.805. The number of hydrogen-bond acceptors (Lipinski definition) is 6. The molecule has 1 aromatic rings. The maximum Gasteiger partial charge on any atom is 0.186 e. The van der Waals surface area contributed by atoms with Crippen molar-refractivity contribution in [2.24, 2.45) is 0 Å². The van der Waals surface area contributed by atoms with Crippen molar-refractivity contribution >= 4 is 0 Å². The first-order valence-electron chi connectivity index (χ1n) is 6.79. The second-order valence-corrected chi connectivity index (χ2v) is 4.83. The molecule has 0 amide bonds. The molecule has 1 heterocycles. The van der Waals surface area contributed by atoms with E-state index in [-0.39, 0.29) is 6.61 Å². The minimum Gasteiger partial charge on any atom is -0.497 e. The summed E-state index contributed by atoms with van der Waals surface area (Å²) in [7, 11) is 4.66. The lowest BCUT2D eigenvalue weighted by molar-refractivity contribution is -0.162. The number of aliphatic hydroxyl groups is 1. The first-order valence-corrected chi connectivity index (χ1v) is 6.79. The Balaban J connectivity index is 1.80. The largest absolute Gasteiger partial charge is 0.497 e. The Morgan fingerprint density at radius 2 is 1.81 bits per heavy atom. The van der Waals surface area contributed by atoms with E-state index in [1.807, 2.05) is 24.3 Å². The second kappa shape index (κ2) is 7.72. The molecule has 6 nitrogen and oxygen atoms in total. The fourth-order valence-electron chi connectivity index (χ4n) is 2.30. The zero-order valence-electron chi connectivity index (χ0n) is 12.5. The molecule has 1 aliphatic rings. The van der Waals surface area contributed by atoms with Gasteiger partial charge in [-0.15, -0.1) is 0 Å².